The maximum Gasteiger partial charge on any atom is 0.268 e. The van der Waals surface area contributed by atoms with E-state index in [-0.39, 0.29) is 29.1 Å². The number of nitrogens with one attached hydrogen (secondary N) is 1. The number of nitrogens with two attached hydrogens (primary N) is 1. The maximum absolute atomic E-state index is 12.1. The van der Waals surface area contributed by atoms with Gasteiger partial charge in [0, 0.05) is 11.1 Å². The summed E-state index contributed by atoms with van der Waals surface area (Å²) < 4.78 is 11.1. The zero-order chi connectivity index (χ0) is 18.6. The quantitative estimate of drug-likeness (QED) is 0.807. The normalized spacial score (nSPS) is 9.76. The van der Waals surface area contributed by atoms with E-state index in [0.717, 1.165) is 5.57 Å². The third kappa shape index (κ3) is 3.31. The van der Waals surface area contributed by atoms with E-state index in [2.05, 4.69) is 11.6 Å². The van der Waals surface area contributed by atoms with E-state index in [1.807, 2.05) is 12.1 Å². The van der Waals surface area contributed by atoms with Crippen LogP contribution in [-0.4, -0.2) is 18.7 Å². The van der Waals surface area contributed by atoms with Crippen molar-refractivity contribution < 1.29 is 9.47 Å². The third-order valence-electron chi connectivity index (χ3n) is 3.40. The molecule has 1 aromatic heterocycles. The van der Waals surface area contributed by atoms with Crippen LogP contribution in [0.4, 0.5) is 5.82 Å². The van der Waals surface area contributed by atoms with Gasteiger partial charge in [0.15, 0.2) is 11.5 Å². The molecule has 0 aliphatic heterocycles. The Kier molecular flexibility index (Phi) is 5.11. The maximum atomic E-state index is 12.1. The van der Waals surface area contributed by atoms with Crippen LogP contribution in [-0.2, 0) is 0 Å². The molecule has 3 N–H and O–H groups in total. The molecule has 0 aliphatic carbocycles. The SMILES string of the molecule is C=C(C)COc1c(OC)cccc1-c1c(C#N)c(N)[nH]c(=O)c1C#N. The van der Waals surface area contributed by atoms with Gasteiger partial charge >= 0.3 is 0 Å². The Morgan fingerprint density at radius 1 is 1.32 bits per heavy atom. The van der Waals surface area contributed by atoms with Crippen LogP contribution >= 0.6 is 0 Å². The lowest BCUT2D eigenvalue weighted by molar-refractivity contribution is 0.321. The van der Waals surface area contributed by atoms with Crippen LogP contribution < -0.4 is 20.8 Å². The van der Waals surface area contributed by atoms with Crippen molar-refractivity contribution in [3.63, 3.8) is 0 Å². The number of pyridine rings is 1. The van der Waals surface area contributed by atoms with Crippen LogP contribution in [0.1, 0.15) is 18.1 Å². The van der Waals surface area contributed by atoms with Gasteiger partial charge in [-0.05, 0) is 18.6 Å². The number of nitrogen functional groups attached to an aromatic ring is 1. The molecule has 25 heavy (non-hydrogen) atoms. The monoisotopic (exact) mass is 336 g/mol. The molecule has 0 saturated heterocycles. The largest absolute Gasteiger partial charge is 0.493 e. The van der Waals surface area contributed by atoms with Gasteiger partial charge in [-0.15, -0.1) is 0 Å². The van der Waals surface area contributed by atoms with Gasteiger partial charge in [0.05, 0.1) is 7.11 Å². The number of methoxy groups -OCH3 is 1. The standard InChI is InChI=1S/C18H16N4O3/c1-10(2)9-25-16-11(5-4-6-14(16)24-3)15-12(7-19)17(21)22-18(23)13(15)8-20/h4-6H,1,9H2,2-3H3,(H3,21,22,23). The summed E-state index contributed by atoms with van der Waals surface area (Å²) in [5.41, 5.74) is 6.10. The predicted octanol–water partition coefficient (Wildman–Crippen LogP) is 2.33. The number of benzene rings is 1. The Morgan fingerprint density at radius 2 is 2.00 bits per heavy atom. The average Bonchev–Trinajstić information content (AvgIpc) is 2.58. The van der Waals surface area contributed by atoms with Crippen molar-refractivity contribution in [2.24, 2.45) is 0 Å². The third-order valence-corrected chi connectivity index (χ3v) is 3.40. The summed E-state index contributed by atoms with van der Waals surface area (Å²) in [7, 11) is 1.47. The van der Waals surface area contributed by atoms with Gasteiger partial charge in [-0.1, -0.05) is 18.7 Å². The molecule has 126 valence electrons. The first-order valence-electron chi connectivity index (χ1n) is 7.25. The first-order valence-corrected chi connectivity index (χ1v) is 7.25. The number of anilines is 1. The second kappa shape index (κ2) is 7.24. The first-order chi connectivity index (χ1) is 11.9. The number of aromatic nitrogens is 1. The fourth-order valence-electron chi connectivity index (χ4n) is 2.33. The summed E-state index contributed by atoms with van der Waals surface area (Å²) in [6.45, 7) is 5.78. The summed E-state index contributed by atoms with van der Waals surface area (Å²) in [4.78, 5) is 14.4. The van der Waals surface area contributed by atoms with E-state index in [1.165, 1.54) is 7.11 Å². The Balaban J connectivity index is 2.88. The number of nitrogens with zero attached hydrogens (tertiary/aromatic N) is 2. The van der Waals surface area contributed by atoms with Crippen molar-refractivity contribution in [2.75, 3.05) is 19.5 Å². The van der Waals surface area contributed by atoms with Crippen LogP contribution in [0.15, 0.2) is 35.1 Å². The van der Waals surface area contributed by atoms with E-state index in [0.29, 0.717) is 17.1 Å². The van der Waals surface area contributed by atoms with Crippen LogP contribution in [0.2, 0.25) is 0 Å². The zero-order valence-corrected chi connectivity index (χ0v) is 13.8. The van der Waals surface area contributed by atoms with Crippen LogP contribution in [0.5, 0.6) is 11.5 Å². The van der Waals surface area contributed by atoms with Crippen molar-refractivity contribution >= 4 is 5.82 Å². The zero-order valence-electron chi connectivity index (χ0n) is 13.8. The highest BCUT2D eigenvalue weighted by atomic mass is 16.5. The van der Waals surface area contributed by atoms with E-state index in [9.17, 15) is 15.3 Å². The van der Waals surface area contributed by atoms with Crippen molar-refractivity contribution in [2.45, 2.75) is 6.92 Å². The highest BCUT2D eigenvalue weighted by Gasteiger charge is 2.23. The van der Waals surface area contributed by atoms with E-state index in [1.54, 1.807) is 25.1 Å². The molecule has 7 nitrogen and oxygen atoms in total. The minimum absolute atomic E-state index is 0.00965. The average molecular weight is 336 g/mol. The summed E-state index contributed by atoms with van der Waals surface area (Å²) in [5.74, 6) is 0.576. The Labute approximate surface area is 144 Å². The van der Waals surface area contributed by atoms with Crippen LogP contribution in [0.3, 0.4) is 0 Å². The highest BCUT2D eigenvalue weighted by molar-refractivity contribution is 5.85. The summed E-state index contributed by atoms with van der Waals surface area (Å²) in [6.07, 6.45) is 0. The van der Waals surface area contributed by atoms with E-state index >= 15 is 0 Å². The number of ether oxygens (including phenoxy) is 2. The number of aromatic amines is 1. The molecule has 0 bridgehead atoms. The summed E-state index contributed by atoms with van der Waals surface area (Å²) in [5, 5.41) is 18.9. The smallest absolute Gasteiger partial charge is 0.268 e. The van der Waals surface area contributed by atoms with Gasteiger partial charge in [-0.25, -0.2) is 0 Å². The van der Waals surface area contributed by atoms with Crippen molar-refractivity contribution in [3.05, 3.63) is 51.8 Å². The lowest BCUT2D eigenvalue weighted by Gasteiger charge is -2.17. The van der Waals surface area contributed by atoms with Gasteiger partial charge in [-0.3, -0.25) is 4.79 Å². The fraction of sp³-hybridized carbons (Fsp3) is 0.167. The fourth-order valence-corrected chi connectivity index (χ4v) is 2.33. The summed E-state index contributed by atoms with van der Waals surface area (Å²) >= 11 is 0. The molecule has 2 rings (SSSR count). The topological polar surface area (TPSA) is 125 Å². The minimum Gasteiger partial charge on any atom is -0.493 e. The lowest BCUT2D eigenvalue weighted by atomic mass is 9.95. The number of H-pyrrole nitrogens is 1. The minimum atomic E-state index is -0.678. The second-order valence-electron chi connectivity index (χ2n) is 5.30. The van der Waals surface area contributed by atoms with Gasteiger partial charge < -0.3 is 20.2 Å². The Bertz CT molecular complexity index is 978. The number of hydrogen-bond acceptors (Lipinski definition) is 6. The molecule has 0 spiro atoms. The van der Waals surface area contributed by atoms with E-state index in [4.69, 9.17) is 15.2 Å². The molecule has 0 aliphatic rings. The molecule has 2 aromatic rings. The number of nitriles is 2. The number of rotatable bonds is 5. The molecule has 0 saturated carbocycles. The van der Waals surface area contributed by atoms with Crippen molar-refractivity contribution in [3.8, 4) is 34.8 Å². The molecule has 0 atom stereocenters. The number of para-hydroxylation sites is 1. The van der Waals surface area contributed by atoms with Gasteiger partial charge in [0.25, 0.3) is 5.56 Å². The molecule has 1 heterocycles. The lowest BCUT2D eigenvalue weighted by Crippen LogP contribution is -2.16. The number of hydrogen-bond donors (Lipinski definition) is 2. The molecular formula is C18H16N4O3. The molecular weight excluding hydrogens is 320 g/mol. The van der Waals surface area contributed by atoms with Crippen molar-refractivity contribution in [1.82, 2.24) is 4.98 Å². The van der Waals surface area contributed by atoms with Crippen molar-refractivity contribution in [1.29, 1.82) is 10.5 Å². The highest BCUT2D eigenvalue weighted by Crippen LogP contribution is 2.41. The van der Waals surface area contributed by atoms with Crippen LogP contribution in [0.25, 0.3) is 11.1 Å². The van der Waals surface area contributed by atoms with Gasteiger partial charge in [-0.2, -0.15) is 10.5 Å². The van der Waals surface area contributed by atoms with Gasteiger partial charge in [0.1, 0.15) is 35.7 Å². The summed E-state index contributed by atoms with van der Waals surface area (Å²) in [6, 6.07) is 8.73. The first kappa shape index (κ1) is 17.6. The molecule has 0 radical (unpaired) electrons. The molecule has 0 unspecified atom stereocenters. The van der Waals surface area contributed by atoms with Crippen LogP contribution in [0, 0.1) is 22.7 Å². The Hall–Kier alpha value is -3.71. The second-order valence-corrected chi connectivity index (χ2v) is 5.30. The molecule has 0 amide bonds. The molecule has 1 aromatic carbocycles. The van der Waals surface area contributed by atoms with Gasteiger partial charge in [0.2, 0.25) is 0 Å². The molecule has 0 fully saturated rings. The van der Waals surface area contributed by atoms with E-state index < -0.39 is 5.56 Å². The Morgan fingerprint density at radius 3 is 2.56 bits per heavy atom. The predicted molar refractivity (Wildman–Crippen MR) is 93.2 cm³/mol. The molecule has 7 heteroatoms.